The van der Waals surface area contributed by atoms with Crippen molar-refractivity contribution in [2.24, 2.45) is 5.16 Å². The number of halogens is 2. The quantitative estimate of drug-likeness (QED) is 0.504. The normalized spacial score (nSPS) is 16.1. The molecule has 0 bridgehead atoms. The third kappa shape index (κ3) is 3.12. The molecule has 6 nitrogen and oxygen atoms in total. The number of benzene rings is 2. The molecule has 8 heteroatoms. The van der Waals surface area contributed by atoms with Crippen LogP contribution in [0.4, 0.5) is 8.78 Å². The number of para-hydroxylation sites is 1. The fourth-order valence-corrected chi connectivity index (χ4v) is 3.35. The predicted octanol–water partition coefficient (Wildman–Crippen LogP) is 4.74. The lowest BCUT2D eigenvalue weighted by atomic mass is 10.0. The number of rotatable bonds is 3. The van der Waals surface area contributed by atoms with Crippen LogP contribution in [0.25, 0.3) is 22.4 Å². The summed E-state index contributed by atoms with van der Waals surface area (Å²) >= 11 is 0. The number of aryl methyl sites for hydroxylation is 1. The molecule has 29 heavy (non-hydrogen) atoms. The molecule has 1 unspecified atom stereocenters. The third-order valence-electron chi connectivity index (χ3n) is 4.70. The molecule has 1 aliphatic rings. The zero-order chi connectivity index (χ0) is 20.0. The van der Waals surface area contributed by atoms with Crippen molar-refractivity contribution in [2.75, 3.05) is 0 Å². The zero-order valence-corrected chi connectivity index (χ0v) is 15.3. The number of nitrogens with zero attached hydrogens (tertiary/aromatic N) is 4. The van der Waals surface area contributed by atoms with Gasteiger partial charge in [-0.3, -0.25) is 4.98 Å². The van der Waals surface area contributed by atoms with Gasteiger partial charge in [-0.25, -0.2) is 8.78 Å². The Kier molecular flexibility index (Phi) is 4.04. The van der Waals surface area contributed by atoms with Gasteiger partial charge in [0.05, 0.1) is 11.2 Å². The highest BCUT2D eigenvalue weighted by Gasteiger charge is 2.30. The average molecular weight is 392 g/mol. The fraction of sp³-hybridized carbons (Fsp3) is 0.143. The van der Waals surface area contributed by atoms with Crippen LogP contribution < -0.4 is 0 Å². The summed E-state index contributed by atoms with van der Waals surface area (Å²) in [6, 6.07) is 12.7. The first kappa shape index (κ1) is 17.4. The number of hydrogen-bond acceptors (Lipinski definition) is 6. The van der Waals surface area contributed by atoms with Gasteiger partial charge < -0.3 is 9.25 Å². The molecule has 0 saturated carbocycles. The molecular weight excluding hydrogens is 378 g/mol. The standard InChI is InChI=1S/C21H14F2N4O2/c1-11-8-14(13-4-2-3-5-17(13)24-11)20-25-26-21(28-20)19-10-18(27-29-19)15-9-12(22)6-7-16(15)23/h2-9,19H,10H2,1H3. The number of oxime groups is 1. The summed E-state index contributed by atoms with van der Waals surface area (Å²) in [5.41, 5.74) is 2.76. The zero-order valence-electron chi connectivity index (χ0n) is 15.3. The van der Waals surface area contributed by atoms with Gasteiger partial charge in [0.25, 0.3) is 5.89 Å². The Morgan fingerprint density at radius 2 is 1.86 bits per heavy atom. The van der Waals surface area contributed by atoms with E-state index in [1.165, 1.54) is 0 Å². The minimum atomic E-state index is -0.664. The Morgan fingerprint density at radius 3 is 2.76 bits per heavy atom. The molecule has 0 spiro atoms. The maximum atomic E-state index is 14.0. The van der Waals surface area contributed by atoms with Crippen LogP contribution in [-0.2, 0) is 4.84 Å². The lowest BCUT2D eigenvalue weighted by Gasteiger charge is -2.05. The van der Waals surface area contributed by atoms with Crippen molar-refractivity contribution in [2.45, 2.75) is 19.4 Å². The van der Waals surface area contributed by atoms with Crippen molar-refractivity contribution in [3.63, 3.8) is 0 Å². The van der Waals surface area contributed by atoms with Crippen LogP contribution in [0.2, 0.25) is 0 Å². The van der Waals surface area contributed by atoms with E-state index >= 15 is 0 Å². The van der Waals surface area contributed by atoms with Crippen molar-refractivity contribution in [3.05, 3.63) is 77.3 Å². The molecule has 2 aromatic carbocycles. The molecule has 0 aliphatic carbocycles. The molecule has 0 N–H and O–H groups in total. The molecular formula is C21H14F2N4O2. The Morgan fingerprint density at radius 1 is 1.00 bits per heavy atom. The number of hydrogen-bond donors (Lipinski definition) is 0. The first-order valence-corrected chi connectivity index (χ1v) is 8.97. The highest BCUT2D eigenvalue weighted by molar-refractivity contribution is 6.01. The topological polar surface area (TPSA) is 73.4 Å². The summed E-state index contributed by atoms with van der Waals surface area (Å²) < 4.78 is 33.3. The van der Waals surface area contributed by atoms with Crippen molar-refractivity contribution in [1.29, 1.82) is 0 Å². The second-order valence-corrected chi connectivity index (χ2v) is 6.73. The van der Waals surface area contributed by atoms with E-state index in [1.54, 1.807) is 0 Å². The van der Waals surface area contributed by atoms with Crippen LogP contribution in [0.5, 0.6) is 0 Å². The molecule has 1 atom stereocenters. The third-order valence-corrected chi connectivity index (χ3v) is 4.70. The molecule has 2 aromatic heterocycles. The van der Waals surface area contributed by atoms with E-state index in [9.17, 15) is 8.78 Å². The monoisotopic (exact) mass is 392 g/mol. The molecule has 0 amide bonds. The van der Waals surface area contributed by atoms with Crippen molar-refractivity contribution < 1.29 is 18.0 Å². The summed E-state index contributed by atoms with van der Waals surface area (Å²) in [5, 5.41) is 13.0. The van der Waals surface area contributed by atoms with Crippen LogP contribution in [0.1, 0.15) is 29.7 Å². The first-order valence-electron chi connectivity index (χ1n) is 8.97. The lowest BCUT2D eigenvalue weighted by molar-refractivity contribution is 0.0651. The highest BCUT2D eigenvalue weighted by Crippen LogP contribution is 2.33. The van der Waals surface area contributed by atoms with Crippen molar-refractivity contribution in [1.82, 2.24) is 15.2 Å². The summed E-state index contributed by atoms with van der Waals surface area (Å²) in [7, 11) is 0. The van der Waals surface area contributed by atoms with Crippen molar-refractivity contribution in [3.8, 4) is 11.5 Å². The highest BCUT2D eigenvalue weighted by atomic mass is 19.1. The Balaban J connectivity index is 1.44. The van der Waals surface area contributed by atoms with E-state index in [1.807, 2.05) is 37.3 Å². The van der Waals surface area contributed by atoms with E-state index in [-0.39, 0.29) is 23.6 Å². The van der Waals surface area contributed by atoms with Gasteiger partial charge in [0.1, 0.15) is 11.6 Å². The second kappa shape index (κ2) is 6.73. The van der Waals surface area contributed by atoms with Crippen LogP contribution in [-0.4, -0.2) is 20.9 Å². The molecule has 4 aromatic rings. The molecule has 0 radical (unpaired) electrons. The van der Waals surface area contributed by atoms with E-state index in [2.05, 4.69) is 20.3 Å². The first-order chi connectivity index (χ1) is 14.1. The largest absolute Gasteiger partial charge is 0.417 e. The summed E-state index contributed by atoms with van der Waals surface area (Å²) in [6.45, 7) is 1.89. The van der Waals surface area contributed by atoms with Crippen LogP contribution in [0.15, 0.2) is 58.1 Å². The van der Waals surface area contributed by atoms with E-state index in [0.717, 1.165) is 40.4 Å². The second-order valence-electron chi connectivity index (χ2n) is 6.73. The summed E-state index contributed by atoms with van der Waals surface area (Å²) in [6.07, 6.45) is -0.471. The molecule has 144 valence electrons. The van der Waals surface area contributed by atoms with Gasteiger partial charge >= 0.3 is 0 Å². The van der Waals surface area contributed by atoms with Crippen LogP contribution >= 0.6 is 0 Å². The van der Waals surface area contributed by atoms with Gasteiger partial charge in [0, 0.05) is 28.6 Å². The van der Waals surface area contributed by atoms with Crippen molar-refractivity contribution >= 4 is 16.6 Å². The molecule has 0 saturated heterocycles. The molecule has 5 rings (SSSR count). The minimum absolute atomic E-state index is 0.0583. The van der Waals surface area contributed by atoms with Gasteiger partial charge in [0.2, 0.25) is 12.0 Å². The Labute approximate surface area is 163 Å². The van der Waals surface area contributed by atoms with Gasteiger partial charge in [-0.15, -0.1) is 10.2 Å². The van der Waals surface area contributed by atoms with Crippen LogP contribution in [0, 0.1) is 18.6 Å². The van der Waals surface area contributed by atoms with E-state index in [4.69, 9.17) is 9.25 Å². The average Bonchev–Trinajstić information content (AvgIpc) is 3.38. The van der Waals surface area contributed by atoms with E-state index < -0.39 is 17.7 Å². The minimum Gasteiger partial charge on any atom is -0.417 e. The van der Waals surface area contributed by atoms with E-state index in [0.29, 0.717) is 5.89 Å². The van der Waals surface area contributed by atoms with Gasteiger partial charge in [-0.05, 0) is 37.3 Å². The maximum Gasteiger partial charge on any atom is 0.260 e. The number of aromatic nitrogens is 3. The Bertz CT molecular complexity index is 1270. The molecule has 3 heterocycles. The summed E-state index contributed by atoms with van der Waals surface area (Å²) in [4.78, 5) is 9.86. The molecule has 1 aliphatic heterocycles. The summed E-state index contributed by atoms with van der Waals surface area (Å²) in [5.74, 6) is -0.572. The Hall–Kier alpha value is -3.68. The SMILES string of the molecule is Cc1cc(-c2nnc(C3CC(c4cc(F)ccc4F)=NO3)o2)c2ccccc2n1. The molecule has 0 fully saturated rings. The predicted molar refractivity (Wildman–Crippen MR) is 101 cm³/mol. The maximum absolute atomic E-state index is 14.0. The fourth-order valence-electron chi connectivity index (χ4n) is 3.35. The van der Waals surface area contributed by atoms with Gasteiger partial charge in [-0.2, -0.15) is 0 Å². The number of fused-ring (bicyclic) bond motifs is 1. The number of pyridine rings is 1. The lowest BCUT2D eigenvalue weighted by Crippen LogP contribution is -2.04. The van der Waals surface area contributed by atoms with Gasteiger partial charge in [0.15, 0.2) is 0 Å². The van der Waals surface area contributed by atoms with Crippen LogP contribution in [0.3, 0.4) is 0 Å². The smallest absolute Gasteiger partial charge is 0.260 e. The van der Waals surface area contributed by atoms with Gasteiger partial charge in [-0.1, -0.05) is 23.4 Å².